The van der Waals surface area contributed by atoms with E-state index in [1.807, 2.05) is 13.8 Å². The van der Waals surface area contributed by atoms with Gasteiger partial charge in [-0.3, -0.25) is 0 Å². The van der Waals surface area contributed by atoms with Crippen LogP contribution >= 0.6 is 23.2 Å². The van der Waals surface area contributed by atoms with Crippen molar-refractivity contribution in [2.24, 2.45) is 0 Å². The first-order valence-electron chi connectivity index (χ1n) is 6.25. The molecular formula is C14H16Cl2N2O2. The van der Waals surface area contributed by atoms with Crippen LogP contribution in [0.1, 0.15) is 28.7 Å². The minimum atomic E-state index is -0.767. The SMILES string of the molecule is Cc1noc(C)c1CNCC(O)c1c(Cl)cccc1Cl. The molecule has 1 atom stereocenters. The number of aromatic nitrogens is 1. The van der Waals surface area contributed by atoms with Crippen molar-refractivity contribution in [3.63, 3.8) is 0 Å². The Morgan fingerprint density at radius 3 is 2.50 bits per heavy atom. The summed E-state index contributed by atoms with van der Waals surface area (Å²) in [7, 11) is 0. The lowest BCUT2D eigenvalue weighted by atomic mass is 10.1. The summed E-state index contributed by atoms with van der Waals surface area (Å²) in [6, 6.07) is 5.17. The quantitative estimate of drug-likeness (QED) is 0.887. The molecule has 4 nitrogen and oxygen atoms in total. The molecule has 0 aliphatic carbocycles. The van der Waals surface area contributed by atoms with E-state index in [1.54, 1.807) is 18.2 Å². The minimum Gasteiger partial charge on any atom is -0.387 e. The maximum Gasteiger partial charge on any atom is 0.138 e. The first kappa shape index (κ1) is 15.3. The van der Waals surface area contributed by atoms with Crippen molar-refractivity contribution in [3.8, 4) is 0 Å². The summed E-state index contributed by atoms with van der Waals surface area (Å²) in [5, 5.41) is 18.1. The van der Waals surface area contributed by atoms with Crippen LogP contribution in [0.4, 0.5) is 0 Å². The lowest BCUT2D eigenvalue weighted by Gasteiger charge is -2.15. The first-order valence-corrected chi connectivity index (χ1v) is 7.00. The van der Waals surface area contributed by atoms with Crippen LogP contribution in [0.25, 0.3) is 0 Å². The Bertz CT molecular complexity index is 559. The number of benzene rings is 1. The van der Waals surface area contributed by atoms with Crippen LogP contribution in [0.5, 0.6) is 0 Å². The van der Waals surface area contributed by atoms with Gasteiger partial charge in [0.05, 0.1) is 11.8 Å². The van der Waals surface area contributed by atoms with Gasteiger partial charge in [0, 0.05) is 34.3 Å². The third kappa shape index (κ3) is 3.33. The number of rotatable bonds is 5. The summed E-state index contributed by atoms with van der Waals surface area (Å²) in [5.41, 5.74) is 2.39. The van der Waals surface area contributed by atoms with Gasteiger partial charge in [-0.05, 0) is 26.0 Å². The van der Waals surface area contributed by atoms with E-state index in [1.165, 1.54) is 0 Å². The summed E-state index contributed by atoms with van der Waals surface area (Å²) in [4.78, 5) is 0. The van der Waals surface area contributed by atoms with E-state index in [2.05, 4.69) is 10.5 Å². The normalized spacial score (nSPS) is 12.7. The maximum atomic E-state index is 10.2. The smallest absolute Gasteiger partial charge is 0.138 e. The molecule has 1 heterocycles. The largest absolute Gasteiger partial charge is 0.387 e. The fourth-order valence-corrected chi connectivity index (χ4v) is 2.67. The van der Waals surface area contributed by atoms with E-state index < -0.39 is 6.10 Å². The van der Waals surface area contributed by atoms with Crippen molar-refractivity contribution in [2.45, 2.75) is 26.5 Å². The lowest BCUT2D eigenvalue weighted by molar-refractivity contribution is 0.174. The van der Waals surface area contributed by atoms with E-state index in [-0.39, 0.29) is 0 Å². The van der Waals surface area contributed by atoms with Crippen LogP contribution < -0.4 is 5.32 Å². The zero-order valence-corrected chi connectivity index (χ0v) is 12.8. The van der Waals surface area contributed by atoms with Gasteiger partial charge in [-0.2, -0.15) is 0 Å². The molecule has 0 saturated carbocycles. The summed E-state index contributed by atoms with van der Waals surface area (Å²) in [6.07, 6.45) is -0.767. The second-order valence-electron chi connectivity index (χ2n) is 4.58. The number of hydrogen-bond donors (Lipinski definition) is 2. The molecule has 0 fully saturated rings. The Morgan fingerprint density at radius 1 is 1.30 bits per heavy atom. The van der Waals surface area contributed by atoms with Crippen molar-refractivity contribution in [1.29, 1.82) is 0 Å². The van der Waals surface area contributed by atoms with Crippen molar-refractivity contribution < 1.29 is 9.63 Å². The molecule has 6 heteroatoms. The summed E-state index contributed by atoms with van der Waals surface area (Å²) < 4.78 is 5.08. The number of hydrogen-bond acceptors (Lipinski definition) is 4. The average molecular weight is 315 g/mol. The van der Waals surface area contributed by atoms with Gasteiger partial charge in [0.15, 0.2) is 0 Å². The van der Waals surface area contributed by atoms with Crippen LogP contribution in [0, 0.1) is 13.8 Å². The molecule has 1 aromatic heterocycles. The molecule has 0 saturated heterocycles. The molecule has 0 bridgehead atoms. The number of nitrogens with zero attached hydrogens (tertiary/aromatic N) is 1. The zero-order chi connectivity index (χ0) is 14.7. The second kappa shape index (κ2) is 6.59. The highest BCUT2D eigenvalue weighted by Gasteiger charge is 2.16. The van der Waals surface area contributed by atoms with Crippen molar-refractivity contribution >= 4 is 23.2 Å². The monoisotopic (exact) mass is 314 g/mol. The van der Waals surface area contributed by atoms with E-state index in [4.69, 9.17) is 27.7 Å². The van der Waals surface area contributed by atoms with E-state index in [0.717, 1.165) is 17.0 Å². The molecule has 1 unspecified atom stereocenters. The third-order valence-electron chi connectivity index (χ3n) is 3.15. The molecule has 2 aromatic rings. The lowest BCUT2D eigenvalue weighted by Crippen LogP contribution is -2.22. The number of aliphatic hydroxyl groups is 1. The summed E-state index contributed by atoms with van der Waals surface area (Å²) >= 11 is 12.1. The Balaban J connectivity index is 1.98. The summed E-state index contributed by atoms with van der Waals surface area (Å²) in [6.45, 7) is 4.65. The van der Waals surface area contributed by atoms with Crippen molar-refractivity contribution in [2.75, 3.05) is 6.54 Å². The zero-order valence-electron chi connectivity index (χ0n) is 11.3. The molecular weight excluding hydrogens is 299 g/mol. The molecule has 0 spiro atoms. The van der Waals surface area contributed by atoms with Gasteiger partial charge in [0.1, 0.15) is 5.76 Å². The van der Waals surface area contributed by atoms with Gasteiger partial charge < -0.3 is 14.9 Å². The Hall–Kier alpha value is -1.07. The first-order chi connectivity index (χ1) is 9.50. The van der Waals surface area contributed by atoms with E-state index >= 15 is 0 Å². The van der Waals surface area contributed by atoms with Crippen LogP contribution in [0.3, 0.4) is 0 Å². The van der Waals surface area contributed by atoms with Gasteiger partial charge in [0.25, 0.3) is 0 Å². The molecule has 20 heavy (non-hydrogen) atoms. The Morgan fingerprint density at radius 2 is 1.95 bits per heavy atom. The van der Waals surface area contributed by atoms with Crippen LogP contribution in [-0.2, 0) is 6.54 Å². The fraction of sp³-hybridized carbons (Fsp3) is 0.357. The number of aryl methyl sites for hydroxylation is 2. The van der Waals surface area contributed by atoms with Crippen LogP contribution in [0.2, 0.25) is 10.0 Å². The topological polar surface area (TPSA) is 58.3 Å². The molecule has 1 aromatic carbocycles. The van der Waals surface area contributed by atoms with Crippen LogP contribution in [-0.4, -0.2) is 16.8 Å². The number of halogens is 2. The summed E-state index contributed by atoms with van der Waals surface area (Å²) in [5.74, 6) is 0.778. The van der Waals surface area contributed by atoms with Crippen molar-refractivity contribution in [1.82, 2.24) is 10.5 Å². The predicted octanol–water partition coefficient (Wildman–Crippen LogP) is 3.42. The molecule has 2 rings (SSSR count). The standard InChI is InChI=1S/C14H16Cl2N2O2/c1-8-10(9(2)20-18-8)6-17-7-13(19)14-11(15)4-3-5-12(14)16/h3-5,13,17,19H,6-7H2,1-2H3. The average Bonchev–Trinajstić information content (AvgIpc) is 2.70. The maximum absolute atomic E-state index is 10.2. The van der Waals surface area contributed by atoms with E-state index in [0.29, 0.717) is 28.7 Å². The van der Waals surface area contributed by atoms with Crippen LogP contribution in [0.15, 0.2) is 22.7 Å². The van der Waals surface area contributed by atoms with E-state index in [9.17, 15) is 5.11 Å². The highest BCUT2D eigenvalue weighted by molar-refractivity contribution is 6.36. The molecule has 0 amide bonds. The molecule has 2 N–H and O–H groups in total. The Labute approximate surface area is 127 Å². The van der Waals surface area contributed by atoms with Gasteiger partial charge in [-0.15, -0.1) is 0 Å². The highest BCUT2D eigenvalue weighted by Crippen LogP contribution is 2.29. The number of nitrogens with one attached hydrogen (secondary N) is 1. The number of aliphatic hydroxyl groups excluding tert-OH is 1. The van der Waals surface area contributed by atoms with Gasteiger partial charge >= 0.3 is 0 Å². The fourth-order valence-electron chi connectivity index (χ4n) is 2.02. The highest BCUT2D eigenvalue weighted by atomic mass is 35.5. The molecule has 108 valence electrons. The predicted molar refractivity (Wildman–Crippen MR) is 79.1 cm³/mol. The van der Waals surface area contributed by atoms with Crippen molar-refractivity contribution in [3.05, 3.63) is 50.8 Å². The van der Waals surface area contributed by atoms with Gasteiger partial charge in [-0.25, -0.2) is 0 Å². The third-order valence-corrected chi connectivity index (χ3v) is 3.81. The molecule has 0 aliphatic rings. The molecule has 0 aliphatic heterocycles. The molecule has 0 radical (unpaired) electrons. The van der Waals surface area contributed by atoms with Gasteiger partial charge in [0.2, 0.25) is 0 Å². The minimum absolute atomic E-state index is 0.341. The second-order valence-corrected chi connectivity index (χ2v) is 5.40. The Kier molecular flexibility index (Phi) is 5.05. The van der Waals surface area contributed by atoms with Gasteiger partial charge in [-0.1, -0.05) is 34.4 Å².